The van der Waals surface area contributed by atoms with Gasteiger partial charge in [0.25, 0.3) is 0 Å². The zero-order chi connectivity index (χ0) is 23.3. The predicted molar refractivity (Wildman–Crippen MR) is 129 cm³/mol. The molecule has 0 unspecified atom stereocenters. The van der Waals surface area contributed by atoms with E-state index < -0.39 is 0 Å². The summed E-state index contributed by atoms with van der Waals surface area (Å²) in [6, 6.07) is 29.9. The second-order valence-corrected chi connectivity index (χ2v) is 7.61. The smallest absolute Gasteiger partial charge is 0.338 e. The summed E-state index contributed by atoms with van der Waals surface area (Å²) in [4.78, 5) is 20.0. The molecule has 6 heteroatoms. The second-order valence-electron chi connectivity index (χ2n) is 7.61. The largest absolute Gasteiger partial charge is 0.457 e. The number of ether oxygens (including phenoxy) is 1. The quantitative estimate of drug-likeness (QED) is 0.247. The van der Waals surface area contributed by atoms with Crippen LogP contribution in [0.5, 0.6) is 0 Å². The summed E-state index contributed by atoms with van der Waals surface area (Å²) in [7, 11) is 0. The number of H-pyrrole nitrogens is 1. The molecule has 3 aromatic carbocycles. The summed E-state index contributed by atoms with van der Waals surface area (Å²) in [5, 5.41) is 9.63. The van der Waals surface area contributed by atoms with Crippen molar-refractivity contribution in [3.8, 4) is 17.4 Å². The highest BCUT2D eigenvalue weighted by Crippen LogP contribution is 2.26. The van der Waals surface area contributed by atoms with Crippen molar-refractivity contribution in [3.63, 3.8) is 0 Å². The molecule has 0 atom stereocenters. The van der Waals surface area contributed by atoms with E-state index in [1.165, 1.54) is 0 Å². The predicted octanol–water partition coefficient (Wildman–Crippen LogP) is 6.24. The second kappa shape index (κ2) is 9.31. The molecule has 6 nitrogen and oxygen atoms in total. The van der Waals surface area contributed by atoms with E-state index >= 15 is 0 Å². The molecule has 0 aliphatic carbocycles. The van der Waals surface area contributed by atoms with Gasteiger partial charge in [-0.15, -0.1) is 0 Å². The standard InChI is InChI=1S/C28H19N3O3/c29-17-22(27-30-24-8-4-5-9-25(24)31-27)16-23-14-15-26(34-23)20-10-12-21(13-11-20)28(32)33-18-19-6-2-1-3-7-19/h1-16H,18H2,(H,30,31)/b22-16-. The van der Waals surface area contributed by atoms with Crippen LogP contribution in [0.1, 0.15) is 27.5 Å². The number of para-hydroxylation sites is 2. The third-order valence-corrected chi connectivity index (χ3v) is 5.30. The van der Waals surface area contributed by atoms with Crippen LogP contribution in [-0.2, 0) is 11.3 Å². The molecule has 34 heavy (non-hydrogen) atoms. The molecule has 1 N–H and O–H groups in total. The number of benzene rings is 3. The lowest BCUT2D eigenvalue weighted by molar-refractivity contribution is 0.0472. The van der Waals surface area contributed by atoms with Gasteiger partial charge in [0.2, 0.25) is 0 Å². The Morgan fingerprint density at radius 1 is 0.971 bits per heavy atom. The topological polar surface area (TPSA) is 91.9 Å². The highest BCUT2D eigenvalue weighted by molar-refractivity contribution is 5.91. The zero-order valence-corrected chi connectivity index (χ0v) is 18.1. The Kier molecular flexibility index (Phi) is 5.74. The van der Waals surface area contributed by atoms with Crippen LogP contribution in [0.25, 0.3) is 34.0 Å². The fraction of sp³-hybridized carbons (Fsp3) is 0.0357. The minimum Gasteiger partial charge on any atom is -0.457 e. The maximum Gasteiger partial charge on any atom is 0.338 e. The third-order valence-electron chi connectivity index (χ3n) is 5.30. The van der Waals surface area contributed by atoms with Crippen LogP contribution in [0.15, 0.2) is 95.4 Å². The Balaban J connectivity index is 1.30. The summed E-state index contributed by atoms with van der Waals surface area (Å²) in [6.07, 6.45) is 1.65. The number of furan rings is 1. The first-order valence-corrected chi connectivity index (χ1v) is 10.7. The SMILES string of the molecule is N#C/C(=C/c1ccc(-c2ccc(C(=O)OCc3ccccc3)cc2)o1)c1nc2ccccc2[nH]1. The molecular weight excluding hydrogens is 426 g/mol. The average Bonchev–Trinajstić information content (AvgIpc) is 3.53. The number of imidazole rings is 1. The van der Waals surface area contributed by atoms with Crippen LogP contribution in [0, 0.1) is 11.3 Å². The Morgan fingerprint density at radius 3 is 2.50 bits per heavy atom. The van der Waals surface area contributed by atoms with Gasteiger partial charge < -0.3 is 14.1 Å². The van der Waals surface area contributed by atoms with Crippen molar-refractivity contribution in [2.75, 3.05) is 0 Å². The molecule has 2 aromatic heterocycles. The first kappa shape index (κ1) is 21.0. The number of aromatic amines is 1. The van der Waals surface area contributed by atoms with E-state index in [9.17, 15) is 10.1 Å². The Morgan fingerprint density at radius 2 is 1.74 bits per heavy atom. The molecule has 0 bridgehead atoms. The molecule has 0 radical (unpaired) electrons. The molecule has 0 saturated heterocycles. The van der Waals surface area contributed by atoms with E-state index in [0.29, 0.717) is 28.5 Å². The van der Waals surface area contributed by atoms with Crippen molar-refractivity contribution < 1.29 is 13.9 Å². The number of hydrogen-bond acceptors (Lipinski definition) is 5. The molecule has 0 fully saturated rings. The number of rotatable bonds is 6. The fourth-order valence-electron chi connectivity index (χ4n) is 3.54. The molecule has 0 aliphatic heterocycles. The maximum absolute atomic E-state index is 12.3. The summed E-state index contributed by atoms with van der Waals surface area (Å²) in [5.41, 5.74) is 4.23. The van der Waals surface area contributed by atoms with Gasteiger partial charge in [-0.3, -0.25) is 0 Å². The van der Waals surface area contributed by atoms with Crippen molar-refractivity contribution in [2.24, 2.45) is 0 Å². The van der Waals surface area contributed by atoms with Crippen LogP contribution in [-0.4, -0.2) is 15.9 Å². The number of carbonyl (C=O) groups excluding carboxylic acids is 1. The van der Waals surface area contributed by atoms with Gasteiger partial charge >= 0.3 is 5.97 Å². The number of nitrogens with one attached hydrogen (secondary N) is 1. The summed E-state index contributed by atoms with van der Waals surface area (Å²) >= 11 is 0. The highest BCUT2D eigenvalue weighted by atomic mass is 16.5. The maximum atomic E-state index is 12.3. The van der Waals surface area contributed by atoms with Gasteiger partial charge in [0.05, 0.1) is 22.2 Å². The lowest BCUT2D eigenvalue weighted by Crippen LogP contribution is -2.04. The normalized spacial score (nSPS) is 11.3. The molecule has 0 aliphatic rings. The molecule has 2 heterocycles. The van der Waals surface area contributed by atoms with Crippen molar-refractivity contribution in [1.82, 2.24) is 9.97 Å². The van der Waals surface area contributed by atoms with E-state index in [-0.39, 0.29) is 12.6 Å². The molecule has 0 saturated carbocycles. The van der Waals surface area contributed by atoms with E-state index in [1.54, 1.807) is 36.4 Å². The summed E-state index contributed by atoms with van der Waals surface area (Å²) < 4.78 is 11.3. The fourth-order valence-corrected chi connectivity index (χ4v) is 3.54. The number of esters is 1. The van der Waals surface area contributed by atoms with E-state index in [1.807, 2.05) is 60.7 Å². The molecule has 5 aromatic rings. The lowest BCUT2D eigenvalue weighted by Gasteiger charge is -2.05. The average molecular weight is 445 g/mol. The molecule has 5 rings (SSSR count). The monoisotopic (exact) mass is 445 g/mol. The first-order chi connectivity index (χ1) is 16.7. The highest BCUT2D eigenvalue weighted by Gasteiger charge is 2.11. The lowest BCUT2D eigenvalue weighted by atomic mass is 10.1. The van der Waals surface area contributed by atoms with E-state index in [2.05, 4.69) is 16.0 Å². The molecule has 164 valence electrons. The number of nitriles is 1. The Hall–Kier alpha value is -4.89. The van der Waals surface area contributed by atoms with Gasteiger partial charge in [-0.1, -0.05) is 54.6 Å². The van der Waals surface area contributed by atoms with Crippen molar-refractivity contribution in [1.29, 1.82) is 5.26 Å². The van der Waals surface area contributed by atoms with E-state index in [0.717, 1.165) is 22.2 Å². The zero-order valence-electron chi connectivity index (χ0n) is 18.1. The van der Waals surface area contributed by atoms with E-state index in [4.69, 9.17) is 9.15 Å². The number of nitrogens with zero attached hydrogens (tertiary/aromatic N) is 2. The van der Waals surface area contributed by atoms with Crippen molar-refractivity contribution in [2.45, 2.75) is 6.61 Å². The number of allylic oxidation sites excluding steroid dienone is 1. The molecular formula is C28H19N3O3. The Bertz CT molecular complexity index is 1490. The number of hydrogen-bond donors (Lipinski definition) is 1. The third kappa shape index (κ3) is 4.50. The van der Waals surface area contributed by atoms with Gasteiger partial charge in [0.15, 0.2) is 0 Å². The minimum atomic E-state index is -0.386. The summed E-state index contributed by atoms with van der Waals surface area (Å²) in [6.45, 7) is 0.224. The van der Waals surface area contributed by atoms with Crippen molar-refractivity contribution in [3.05, 3.63) is 114 Å². The van der Waals surface area contributed by atoms with Gasteiger partial charge in [-0.2, -0.15) is 5.26 Å². The van der Waals surface area contributed by atoms with Crippen LogP contribution in [0.4, 0.5) is 0 Å². The van der Waals surface area contributed by atoms with Crippen LogP contribution >= 0.6 is 0 Å². The number of carbonyl (C=O) groups is 1. The number of aromatic nitrogens is 2. The van der Waals surface area contributed by atoms with Crippen LogP contribution in [0.2, 0.25) is 0 Å². The first-order valence-electron chi connectivity index (χ1n) is 10.7. The Labute approximate surface area is 195 Å². The van der Waals surface area contributed by atoms with Crippen molar-refractivity contribution >= 4 is 28.7 Å². The van der Waals surface area contributed by atoms with Gasteiger partial charge in [-0.05, 0) is 42.0 Å². The van der Waals surface area contributed by atoms with Gasteiger partial charge in [0.1, 0.15) is 30.0 Å². The minimum absolute atomic E-state index is 0.224. The van der Waals surface area contributed by atoms with Crippen LogP contribution in [0.3, 0.4) is 0 Å². The van der Waals surface area contributed by atoms with Gasteiger partial charge in [-0.25, -0.2) is 9.78 Å². The van der Waals surface area contributed by atoms with Gasteiger partial charge in [0, 0.05) is 11.6 Å². The molecule has 0 amide bonds. The summed E-state index contributed by atoms with van der Waals surface area (Å²) in [5.74, 6) is 1.25. The van der Waals surface area contributed by atoms with Crippen LogP contribution < -0.4 is 0 Å². The number of fused-ring (bicyclic) bond motifs is 1. The molecule has 0 spiro atoms.